The fraction of sp³-hybridized carbons (Fsp3) is 0.471. The minimum atomic E-state index is -0.0194. The molecule has 154 valence electrons. The molecule has 0 bridgehead atoms. The van der Waals surface area contributed by atoms with E-state index in [0.717, 1.165) is 53.7 Å². The average molecular weight is 446 g/mol. The third-order valence-corrected chi connectivity index (χ3v) is 5.65. The number of hydrogen-bond acceptors (Lipinski definition) is 7. The summed E-state index contributed by atoms with van der Waals surface area (Å²) >= 11 is 1.59. The number of hydrogen-bond donors (Lipinski definition) is 3. The van der Waals surface area contributed by atoms with E-state index in [1.54, 1.807) is 18.1 Å². The minimum absolute atomic E-state index is 0. The lowest BCUT2D eigenvalue weighted by Crippen LogP contribution is -2.53. The average Bonchev–Trinajstić information content (AvgIpc) is 3.15. The van der Waals surface area contributed by atoms with E-state index in [2.05, 4.69) is 37.5 Å². The van der Waals surface area contributed by atoms with Gasteiger partial charge in [0.1, 0.15) is 17.8 Å². The molecule has 1 saturated heterocycles. The number of anilines is 1. The standard InChI is InChI=1S/C17H23N7OS.2ClH/c1-23-5-4-18-12(9-23)8-20-17(25)14-10-24(6-7-26-14)16-13-2-3-19-15(13)21-11-22-16;;/h2-3,10-12,18H,4-9H2,1H3,(H,20,25)(H,19,21,22);2*1H. The maximum Gasteiger partial charge on any atom is 0.259 e. The zero-order valence-corrected chi connectivity index (χ0v) is 18.0. The highest BCUT2D eigenvalue weighted by molar-refractivity contribution is 8.04. The molecule has 0 aliphatic carbocycles. The summed E-state index contributed by atoms with van der Waals surface area (Å²) in [4.78, 5) is 29.4. The van der Waals surface area contributed by atoms with Crippen LogP contribution < -0.4 is 15.5 Å². The van der Waals surface area contributed by atoms with Crippen molar-refractivity contribution in [3.63, 3.8) is 0 Å². The van der Waals surface area contributed by atoms with Crippen LogP contribution >= 0.6 is 36.6 Å². The Labute approximate surface area is 180 Å². The van der Waals surface area contributed by atoms with E-state index in [9.17, 15) is 4.79 Å². The Morgan fingerprint density at radius 2 is 2.21 bits per heavy atom. The smallest absolute Gasteiger partial charge is 0.259 e. The van der Waals surface area contributed by atoms with Gasteiger partial charge in [-0.15, -0.1) is 36.6 Å². The number of halogens is 2. The molecule has 1 amide bonds. The predicted octanol–water partition coefficient (Wildman–Crippen LogP) is 1.22. The van der Waals surface area contributed by atoms with Gasteiger partial charge in [0, 0.05) is 56.9 Å². The number of thioether (sulfide) groups is 1. The summed E-state index contributed by atoms with van der Waals surface area (Å²) < 4.78 is 0. The highest BCUT2D eigenvalue weighted by Crippen LogP contribution is 2.28. The number of aromatic amines is 1. The molecule has 0 aromatic carbocycles. The van der Waals surface area contributed by atoms with Crippen LogP contribution in [0.15, 0.2) is 29.7 Å². The Kier molecular flexibility index (Phi) is 8.38. The SMILES string of the molecule is CN1CCNC(CNC(=O)C2=CN(c3ncnc4[nH]ccc34)CCS2)C1.Cl.Cl. The Morgan fingerprint density at radius 3 is 3.04 bits per heavy atom. The molecular formula is C17H25Cl2N7OS. The van der Waals surface area contributed by atoms with Gasteiger partial charge >= 0.3 is 0 Å². The molecule has 2 aromatic heterocycles. The van der Waals surface area contributed by atoms with Crippen LogP contribution in [0.1, 0.15) is 0 Å². The number of likely N-dealkylation sites (N-methyl/N-ethyl adjacent to an activating group) is 1. The molecule has 4 rings (SSSR count). The number of aromatic nitrogens is 3. The van der Waals surface area contributed by atoms with Gasteiger partial charge < -0.3 is 25.4 Å². The van der Waals surface area contributed by atoms with Crippen molar-refractivity contribution in [1.82, 2.24) is 30.5 Å². The van der Waals surface area contributed by atoms with Gasteiger partial charge in [0.15, 0.2) is 0 Å². The lowest BCUT2D eigenvalue weighted by atomic mass is 10.2. The second-order valence-corrected chi connectivity index (χ2v) is 7.73. The Hall–Kier alpha value is -1.52. The van der Waals surface area contributed by atoms with Gasteiger partial charge in [0.2, 0.25) is 0 Å². The number of H-pyrrole nitrogens is 1. The van der Waals surface area contributed by atoms with Gasteiger partial charge in [-0.2, -0.15) is 0 Å². The van der Waals surface area contributed by atoms with Gasteiger partial charge in [-0.25, -0.2) is 9.97 Å². The molecule has 11 heteroatoms. The zero-order chi connectivity index (χ0) is 17.9. The fourth-order valence-electron chi connectivity index (χ4n) is 3.31. The molecule has 0 radical (unpaired) electrons. The molecule has 1 atom stereocenters. The van der Waals surface area contributed by atoms with Crippen molar-refractivity contribution in [2.45, 2.75) is 6.04 Å². The number of nitrogens with one attached hydrogen (secondary N) is 3. The van der Waals surface area contributed by atoms with E-state index < -0.39 is 0 Å². The summed E-state index contributed by atoms with van der Waals surface area (Å²) in [6, 6.07) is 2.26. The molecule has 3 N–H and O–H groups in total. The Morgan fingerprint density at radius 1 is 1.36 bits per heavy atom. The Bertz CT molecular complexity index is 831. The van der Waals surface area contributed by atoms with Crippen LogP contribution in [0, 0.1) is 0 Å². The van der Waals surface area contributed by atoms with Crippen LogP contribution in [0.5, 0.6) is 0 Å². The minimum Gasteiger partial charge on any atom is -0.350 e. The molecule has 8 nitrogen and oxygen atoms in total. The number of carbonyl (C=O) groups excluding carboxylic acids is 1. The highest BCUT2D eigenvalue weighted by Gasteiger charge is 2.22. The third-order valence-electron chi connectivity index (χ3n) is 4.66. The van der Waals surface area contributed by atoms with Gasteiger partial charge in [-0.3, -0.25) is 4.79 Å². The summed E-state index contributed by atoms with van der Waals surface area (Å²) in [6.07, 6.45) is 5.31. The summed E-state index contributed by atoms with van der Waals surface area (Å²) in [5.41, 5.74) is 0.806. The van der Waals surface area contributed by atoms with Gasteiger partial charge in [-0.1, -0.05) is 0 Å². The Balaban J connectivity index is 0.00000140. The molecular weight excluding hydrogens is 421 g/mol. The first-order valence-corrected chi connectivity index (χ1v) is 9.79. The van der Waals surface area contributed by atoms with Crippen molar-refractivity contribution in [3.8, 4) is 0 Å². The lowest BCUT2D eigenvalue weighted by molar-refractivity contribution is -0.117. The van der Waals surface area contributed by atoms with Crippen LogP contribution in [0.25, 0.3) is 11.0 Å². The van der Waals surface area contributed by atoms with Crippen molar-refractivity contribution in [2.24, 2.45) is 0 Å². The summed E-state index contributed by atoms with van der Waals surface area (Å²) in [5.74, 6) is 1.66. The van der Waals surface area contributed by atoms with Crippen molar-refractivity contribution < 1.29 is 4.79 Å². The summed E-state index contributed by atoms with van der Waals surface area (Å²) in [5, 5.41) is 7.47. The quantitative estimate of drug-likeness (QED) is 0.651. The largest absolute Gasteiger partial charge is 0.350 e. The summed E-state index contributed by atoms with van der Waals surface area (Å²) in [6.45, 7) is 4.41. The van der Waals surface area contributed by atoms with E-state index in [1.807, 2.05) is 23.4 Å². The first-order valence-electron chi connectivity index (χ1n) is 8.80. The van der Waals surface area contributed by atoms with Crippen LogP contribution in [-0.4, -0.2) is 77.3 Å². The molecule has 2 aliphatic rings. The van der Waals surface area contributed by atoms with Crippen molar-refractivity contribution in [1.29, 1.82) is 0 Å². The lowest BCUT2D eigenvalue weighted by Gasteiger charge is -2.31. The van der Waals surface area contributed by atoms with Gasteiger partial charge in [0.05, 0.1) is 10.3 Å². The van der Waals surface area contributed by atoms with E-state index in [1.165, 1.54) is 0 Å². The fourth-order valence-corrected chi connectivity index (χ4v) is 4.22. The molecule has 0 saturated carbocycles. The van der Waals surface area contributed by atoms with E-state index >= 15 is 0 Å². The first-order chi connectivity index (χ1) is 12.7. The van der Waals surface area contributed by atoms with Gasteiger partial charge in [0.25, 0.3) is 5.91 Å². The highest BCUT2D eigenvalue weighted by atomic mass is 35.5. The monoisotopic (exact) mass is 445 g/mol. The zero-order valence-electron chi connectivity index (χ0n) is 15.6. The molecule has 1 fully saturated rings. The number of amides is 1. The molecule has 28 heavy (non-hydrogen) atoms. The van der Waals surface area contributed by atoms with E-state index in [-0.39, 0.29) is 30.7 Å². The number of nitrogens with zero attached hydrogens (tertiary/aromatic N) is 4. The second-order valence-electron chi connectivity index (χ2n) is 6.60. The van der Waals surface area contributed by atoms with Crippen LogP contribution in [0.3, 0.4) is 0 Å². The number of carbonyl (C=O) groups is 1. The molecule has 4 heterocycles. The molecule has 0 spiro atoms. The van der Waals surface area contributed by atoms with Crippen LogP contribution in [-0.2, 0) is 4.79 Å². The van der Waals surface area contributed by atoms with E-state index in [4.69, 9.17) is 0 Å². The predicted molar refractivity (Wildman–Crippen MR) is 119 cm³/mol. The van der Waals surface area contributed by atoms with Gasteiger partial charge in [-0.05, 0) is 13.1 Å². The molecule has 2 aromatic rings. The summed E-state index contributed by atoms with van der Waals surface area (Å²) in [7, 11) is 2.11. The number of piperazine rings is 1. The third kappa shape index (κ3) is 5.09. The molecule has 2 aliphatic heterocycles. The van der Waals surface area contributed by atoms with Crippen molar-refractivity contribution in [2.75, 3.05) is 50.4 Å². The molecule has 1 unspecified atom stereocenters. The first kappa shape index (κ1) is 22.8. The maximum atomic E-state index is 12.6. The van der Waals surface area contributed by atoms with Crippen molar-refractivity contribution in [3.05, 3.63) is 29.7 Å². The van der Waals surface area contributed by atoms with E-state index in [0.29, 0.717) is 12.6 Å². The topological polar surface area (TPSA) is 89.2 Å². The maximum absolute atomic E-state index is 12.6. The van der Waals surface area contributed by atoms with Crippen LogP contribution in [0.4, 0.5) is 5.82 Å². The normalized spacial score (nSPS) is 20.1. The van der Waals surface area contributed by atoms with Crippen molar-refractivity contribution >= 4 is 59.3 Å². The second kappa shape index (κ2) is 10.3. The van der Waals surface area contributed by atoms with Crippen LogP contribution in [0.2, 0.25) is 0 Å². The number of fused-ring (bicyclic) bond motifs is 1. The number of rotatable bonds is 4.